The molecule has 1 aliphatic rings. The van der Waals surface area contributed by atoms with Crippen LogP contribution in [0.25, 0.3) is 0 Å². The van der Waals surface area contributed by atoms with E-state index in [4.69, 9.17) is 0 Å². The maximum absolute atomic E-state index is 11.6. The van der Waals surface area contributed by atoms with E-state index in [0.717, 1.165) is 11.1 Å². The van der Waals surface area contributed by atoms with E-state index in [1.165, 1.54) is 0 Å². The summed E-state index contributed by atoms with van der Waals surface area (Å²) in [4.78, 5) is 13.7. The third kappa shape index (κ3) is 1.27. The average Bonchev–Trinajstić information content (AvgIpc) is 2.15. The minimum Gasteiger partial charge on any atom is -0.293 e. The second kappa shape index (κ2) is 2.96. The first-order valence-corrected chi connectivity index (χ1v) is 4.52. The molecule has 1 aliphatic heterocycles. The van der Waals surface area contributed by atoms with Crippen LogP contribution < -0.4 is 0 Å². The van der Waals surface area contributed by atoms with Crippen molar-refractivity contribution in [1.29, 1.82) is 0 Å². The van der Waals surface area contributed by atoms with Crippen LogP contribution in [0, 0.1) is 0 Å². The van der Waals surface area contributed by atoms with Crippen LogP contribution in [0.5, 0.6) is 0 Å². The lowest BCUT2D eigenvalue weighted by molar-refractivity contribution is 0.0895. The molecule has 0 saturated carbocycles. The molecule has 0 spiro atoms. The van der Waals surface area contributed by atoms with Crippen LogP contribution >= 0.6 is 0 Å². The fourth-order valence-corrected chi connectivity index (χ4v) is 1.80. The van der Waals surface area contributed by atoms with Crippen LogP contribution in [0.15, 0.2) is 24.3 Å². The Labute approximate surface area is 78.2 Å². The number of hydrogen-bond donors (Lipinski definition) is 0. The number of benzene rings is 1. The highest BCUT2D eigenvalue weighted by Gasteiger charge is 2.25. The number of nitrogens with zero attached hydrogens (tertiary/aromatic N) is 1. The largest absolute Gasteiger partial charge is 0.293 e. The minimum absolute atomic E-state index is 0.233. The van der Waals surface area contributed by atoms with E-state index in [-0.39, 0.29) is 5.78 Å². The normalized spacial score (nSPS) is 22.9. The molecular formula is C11H13NO. The van der Waals surface area contributed by atoms with Gasteiger partial charge in [-0.25, -0.2) is 0 Å². The summed E-state index contributed by atoms with van der Waals surface area (Å²) in [5.74, 6) is 0.233. The van der Waals surface area contributed by atoms with E-state index >= 15 is 0 Å². The number of carbonyl (C=O) groups is 1. The van der Waals surface area contributed by atoms with Gasteiger partial charge in [-0.1, -0.05) is 24.3 Å². The summed E-state index contributed by atoms with van der Waals surface area (Å²) < 4.78 is 0. The summed E-state index contributed by atoms with van der Waals surface area (Å²) in [6, 6.07) is 8.22. The van der Waals surface area contributed by atoms with Gasteiger partial charge in [0.25, 0.3) is 0 Å². The van der Waals surface area contributed by atoms with E-state index in [2.05, 4.69) is 11.8 Å². The van der Waals surface area contributed by atoms with E-state index in [1.807, 2.05) is 31.3 Å². The Morgan fingerprint density at radius 1 is 1.38 bits per heavy atom. The van der Waals surface area contributed by atoms with Gasteiger partial charge in [0.05, 0.1) is 6.54 Å². The first-order valence-electron chi connectivity index (χ1n) is 4.52. The fourth-order valence-electron chi connectivity index (χ4n) is 1.80. The van der Waals surface area contributed by atoms with Crippen LogP contribution in [0.1, 0.15) is 28.9 Å². The highest BCUT2D eigenvalue weighted by molar-refractivity contribution is 6.00. The van der Waals surface area contributed by atoms with Crippen LogP contribution in [0.2, 0.25) is 0 Å². The molecule has 0 saturated heterocycles. The Hall–Kier alpha value is -1.15. The second-order valence-corrected chi connectivity index (χ2v) is 3.60. The molecule has 0 bridgehead atoms. The molecule has 0 aromatic heterocycles. The first kappa shape index (κ1) is 8.45. The molecular weight excluding hydrogens is 162 g/mol. The molecule has 2 rings (SSSR count). The van der Waals surface area contributed by atoms with Gasteiger partial charge in [-0.05, 0) is 19.5 Å². The van der Waals surface area contributed by atoms with E-state index in [9.17, 15) is 4.79 Å². The topological polar surface area (TPSA) is 20.3 Å². The Bertz CT molecular complexity index is 346. The van der Waals surface area contributed by atoms with Gasteiger partial charge in [-0.3, -0.25) is 9.69 Å². The SMILES string of the molecule is CC1c2ccccc2C(=O)CN1C. The summed E-state index contributed by atoms with van der Waals surface area (Å²) in [6.45, 7) is 2.67. The lowest BCUT2D eigenvalue weighted by Crippen LogP contribution is -2.34. The van der Waals surface area contributed by atoms with Crippen molar-refractivity contribution in [1.82, 2.24) is 4.90 Å². The van der Waals surface area contributed by atoms with Gasteiger partial charge in [0.1, 0.15) is 0 Å². The molecule has 1 aromatic carbocycles. The number of ketones is 1. The van der Waals surface area contributed by atoms with Crippen molar-refractivity contribution in [2.45, 2.75) is 13.0 Å². The summed E-state index contributed by atoms with van der Waals surface area (Å²) in [5.41, 5.74) is 2.05. The zero-order chi connectivity index (χ0) is 9.42. The summed E-state index contributed by atoms with van der Waals surface area (Å²) >= 11 is 0. The Morgan fingerprint density at radius 2 is 2.08 bits per heavy atom. The quantitative estimate of drug-likeness (QED) is 0.600. The molecule has 0 amide bonds. The molecule has 13 heavy (non-hydrogen) atoms. The van der Waals surface area contributed by atoms with Crippen molar-refractivity contribution in [2.24, 2.45) is 0 Å². The third-order valence-corrected chi connectivity index (χ3v) is 2.77. The molecule has 2 heteroatoms. The van der Waals surface area contributed by atoms with Crippen molar-refractivity contribution in [3.05, 3.63) is 35.4 Å². The Morgan fingerprint density at radius 3 is 2.85 bits per heavy atom. The lowest BCUT2D eigenvalue weighted by Gasteiger charge is -2.30. The van der Waals surface area contributed by atoms with Gasteiger partial charge in [-0.2, -0.15) is 0 Å². The highest BCUT2D eigenvalue weighted by Crippen LogP contribution is 2.27. The molecule has 68 valence electrons. The third-order valence-electron chi connectivity index (χ3n) is 2.77. The lowest BCUT2D eigenvalue weighted by atomic mass is 9.93. The number of rotatable bonds is 0. The first-order chi connectivity index (χ1) is 6.20. The van der Waals surface area contributed by atoms with Crippen LogP contribution in [0.3, 0.4) is 0 Å². The standard InChI is InChI=1S/C11H13NO/c1-8-9-5-3-4-6-10(9)11(13)7-12(8)2/h3-6,8H,7H2,1-2H3. The molecule has 0 N–H and O–H groups in total. The van der Waals surface area contributed by atoms with Crippen molar-refractivity contribution >= 4 is 5.78 Å². The average molecular weight is 175 g/mol. The number of likely N-dealkylation sites (N-methyl/N-ethyl adjacent to an activating group) is 1. The zero-order valence-corrected chi connectivity index (χ0v) is 7.95. The molecule has 0 radical (unpaired) electrons. The van der Waals surface area contributed by atoms with E-state index in [0.29, 0.717) is 12.6 Å². The zero-order valence-electron chi connectivity index (χ0n) is 7.95. The van der Waals surface area contributed by atoms with Gasteiger partial charge >= 0.3 is 0 Å². The van der Waals surface area contributed by atoms with E-state index in [1.54, 1.807) is 0 Å². The van der Waals surface area contributed by atoms with Crippen LogP contribution in [-0.4, -0.2) is 24.3 Å². The number of fused-ring (bicyclic) bond motifs is 1. The van der Waals surface area contributed by atoms with Gasteiger partial charge in [0.15, 0.2) is 5.78 Å². The molecule has 1 atom stereocenters. The monoisotopic (exact) mass is 175 g/mol. The molecule has 1 unspecified atom stereocenters. The van der Waals surface area contributed by atoms with Crippen molar-refractivity contribution < 1.29 is 4.79 Å². The number of Topliss-reactive ketones (excluding diaryl/α,β-unsaturated/α-hetero) is 1. The van der Waals surface area contributed by atoms with Crippen LogP contribution in [0.4, 0.5) is 0 Å². The van der Waals surface area contributed by atoms with Gasteiger partial charge in [0.2, 0.25) is 0 Å². The predicted octanol–water partition coefficient (Wildman–Crippen LogP) is 1.88. The molecule has 0 aliphatic carbocycles. The minimum atomic E-state index is 0.233. The maximum Gasteiger partial charge on any atom is 0.177 e. The summed E-state index contributed by atoms with van der Waals surface area (Å²) in [7, 11) is 1.98. The highest BCUT2D eigenvalue weighted by atomic mass is 16.1. The second-order valence-electron chi connectivity index (χ2n) is 3.60. The number of carbonyl (C=O) groups excluding carboxylic acids is 1. The predicted molar refractivity (Wildman–Crippen MR) is 51.8 cm³/mol. The number of hydrogen-bond acceptors (Lipinski definition) is 2. The van der Waals surface area contributed by atoms with Crippen molar-refractivity contribution in [3.63, 3.8) is 0 Å². The van der Waals surface area contributed by atoms with Crippen molar-refractivity contribution in [3.8, 4) is 0 Å². The van der Waals surface area contributed by atoms with Gasteiger partial charge in [-0.15, -0.1) is 0 Å². The Balaban J connectivity index is 2.53. The molecule has 2 nitrogen and oxygen atoms in total. The Kier molecular flexibility index (Phi) is 1.93. The van der Waals surface area contributed by atoms with E-state index < -0.39 is 0 Å². The summed E-state index contributed by atoms with van der Waals surface area (Å²) in [5, 5.41) is 0. The fraction of sp³-hybridized carbons (Fsp3) is 0.364. The van der Waals surface area contributed by atoms with Gasteiger partial charge < -0.3 is 0 Å². The smallest absolute Gasteiger partial charge is 0.177 e. The molecule has 1 aromatic rings. The van der Waals surface area contributed by atoms with Crippen molar-refractivity contribution in [2.75, 3.05) is 13.6 Å². The van der Waals surface area contributed by atoms with Crippen LogP contribution in [-0.2, 0) is 0 Å². The molecule has 0 fully saturated rings. The molecule has 1 heterocycles. The maximum atomic E-state index is 11.6. The van der Waals surface area contributed by atoms with Gasteiger partial charge in [0, 0.05) is 11.6 Å². The summed E-state index contributed by atoms with van der Waals surface area (Å²) in [6.07, 6.45) is 0.